The second kappa shape index (κ2) is 4.85. The number of halogens is 1. The number of anilines is 1. The van der Waals surface area contributed by atoms with Crippen molar-refractivity contribution in [1.29, 1.82) is 0 Å². The van der Waals surface area contributed by atoms with Crippen LogP contribution in [0.5, 0.6) is 5.75 Å². The van der Waals surface area contributed by atoms with Crippen LogP contribution in [0.3, 0.4) is 0 Å². The Kier molecular flexibility index (Phi) is 3.03. The quantitative estimate of drug-likeness (QED) is 0.840. The van der Waals surface area contributed by atoms with Gasteiger partial charge in [0.25, 0.3) is 0 Å². The Bertz CT molecular complexity index is 701. The molecule has 20 heavy (non-hydrogen) atoms. The van der Waals surface area contributed by atoms with E-state index in [0.29, 0.717) is 12.3 Å². The molecule has 1 heterocycles. The summed E-state index contributed by atoms with van der Waals surface area (Å²) in [6.07, 6.45) is 1.78. The zero-order valence-electron chi connectivity index (χ0n) is 10.9. The lowest BCUT2D eigenvalue weighted by molar-refractivity contribution is 0.350. The van der Waals surface area contributed by atoms with Crippen molar-refractivity contribution in [1.82, 2.24) is 0 Å². The maximum absolute atomic E-state index is 13.1. The van der Waals surface area contributed by atoms with Gasteiger partial charge in [0.1, 0.15) is 18.2 Å². The summed E-state index contributed by atoms with van der Waals surface area (Å²) in [6.45, 7) is 4.27. The third kappa shape index (κ3) is 2.07. The molecule has 0 saturated carbocycles. The normalized spacial score (nSPS) is 13.7. The fourth-order valence-electron chi connectivity index (χ4n) is 2.38. The number of hydrogen-bond acceptors (Lipinski definition) is 2. The zero-order chi connectivity index (χ0) is 14.1. The number of benzene rings is 2. The zero-order valence-corrected chi connectivity index (χ0v) is 10.9. The van der Waals surface area contributed by atoms with Crippen LogP contribution in [0.4, 0.5) is 10.1 Å². The van der Waals surface area contributed by atoms with E-state index in [1.807, 2.05) is 12.1 Å². The molecular weight excluding hydrogens is 253 g/mol. The van der Waals surface area contributed by atoms with Gasteiger partial charge < -0.3 is 10.5 Å². The molecule has 2 nitrogen and oxygen atoms in total. The predicted molar refractivity (Wildman–Crippen MR) is 79.0 cm³/mol. The number of nitrogens with two attached hydrogens (primary N) is 1. The number of ether oxygens (including phenoxy) is 1. The van der Waals surface area contributed by atoms with Crippen LogP contribution in [0, 0.1) is 5.82 Å². The van der Waals surface area contributed by atoms with Crippen LogP contribution in [-0.2, 0) is 0 Å². The van der Waals surface area contributed by atoms with Crippen LogP contribution in [0.2, 0.25) is 0 Å². The summed E-state index contributed by atoms with van der Waals surface area (Å²) >= 11 is 0. The summed E-state index contributed by atoms with van der Waals surface area (Å²) < 4.78 is 18.8. The van der Waals surface area contributed by atoms with E-state index in [1.54, 1.807) is 24.3 Å². The molecule has 0 unspecified atom stereocenters. The Morgan fingerprint density at radius 1 is 1.15 bits per heavy atom. The Labute approximate surface area is 117 Å². The molecular formula is C17H14FNO. The SMILES string of the molecule is C=CC1=C(c2ccc(F)cc2)c2ccc(N)cc2OC1. The number of fused-ring (bicyclic) bond motifs is 1. The highest BCUT2D eigenvalue weighted by atomic mass is 19.1. The van der Waals surface area contributed by atoms with Crippen molar-refractivity contribution in [2.75, 3.05) is 12.3 Å². The van der Waals surface area contributed by atoms with Crippen molar-refractivity contribution >= 4 is 11.3 Å². The molecule has 3 heteroatoms. The molecule has 1 aliphatic rings. The standard InChI is InChI=1S/C17H14FNO/c1-2-11-10-20-16-9-14(19)7-8-15(16)17(11)12-3-5-13(18)6-4-12/h2-9H,1,10,19H2. The molecule has 0 atom stereocenters. The highest BCUT2D eigenvalue weighted by Gasteiger charge is 2.20. The number of nitrogen functional groups attached to an aromatic ring is 1. The van der Waals surface area contributed by atoms with Crippen LogP contribution in [-0.4, -0.2) is 6.61 Å². The van der Waals surface area contributed by atoms with E-state index >= 15 is 0 Å². The number of hydrogen-bond donors (Lipinski definition) is 1. The van der Waals surface area contributed by atoms with E-state index in [4.69, 9.17) is 10.5 Å². The van der Waals surface area contributed by atoms with Crippen LogP contribution in [0.1, 0.15) is 11.1 Å². The molecule has 0 spiro atoms. The molecule has 2 N–H and O–H groups in total. The first kappa shape index (κ1) is 12.5. The molecule has 0 aromatic heterocycles. The minimum Gasteiger partial charge on any atom is -0.488 e. The van der Waals surface area contributed by atoms with Crippen LogP contribution in [0.15, 0.2) is 60.7 Å². The van der Waals surface area contributed by atoms with Crippen LogP contribution < -0.4 is 10.5 Å². The molecule has 0 radical (unpaired) electrons. The lowest BCUT2D eigenvalue weighted by atomic mass is 9.91. The van der Waals surface area contributed by atoms with Gasteiger partial charge in [-0.2, -0.15) is 0 Å². The summed E-state index contributed by atoms with van der Waals surface area (Å²) in [7, 11) is 0. The minimum absolute atomic E-state index is 0.251. The largest absolute Gasteiger partial charge is 0.488 e. The third-order valence-corrected chi connectivity index (χ3v) is 3.36. The smallest absolute Gasteiger partial charge is 0.129 e. The Morgan fingerprint density at radius 3 is 2.60 bits per heavy atom. The maximum atomic E-state index is 13.1. The summed E-state index contributed by atoms with van der Waals surface area (Å²) in [5.41, 5.74) is 10.3. The Morgan fingerprint density at radius 2 is 1.90 bits per heavy atom. The van der Waals surface area contributed by atoms with E-state index in [-0.39, 0.29) is 5.82 Å². The van der Waals surface area contributed by atoms with Crippen molar-refractivity contribution in [2.45, 2.75) is 0 Å². The van der Waals surface area contributed by atoms with Gasteiger partial charge in [0.15, 0.2) is 0 Å². The van der Waals surface area contributed by atoms with E-state index < -0.39 is 0 Å². The molecule has 0 amide bonds. The van der Waals surface area contributed by atoms with E-state index in [2.05, 4.69) is 6.58 Å². The van der Waals surface area contributed by atoms with Crippen molar-refractivity contribution in [3.05, 3.63) is 77.6 Å². The lowest BCUT2D eigenvalue weighted by Gasteiger charge is -2.23. The monoisotopic (exact) mass is 267 g/mol. The second-order valence-electron chi connectivity index (χ2n) is 4.66. The van der Waals surface area contributed by atoms with Gasteiger partial charge >= 0.3 is 0 Å². The third-order valence-electron chi connectivity index (χ3n) is 3.36. The van der Waals surface area contributed by atoms with Gasteiger partial charge in [-0.15, -0.1) is 0 Å². The van der Waals surface area contributed by atoms with E-state index in [9.17, 15) is 4.39 Å². The summed E-state index contributed by atoms with van der Waals surface area (Å²) in [5, 5.41) is 0. The molecule has 0 bridgehead atoms. The van der Waals surface area contributed by atoms with Crippen molar-refractivity contribution in [3.8, 4) is 5.75 Å². The Hall–Kier alpha value is -2.55. The van der Waals surface area contributed by atoms with Gasteiger partial charge in [-0.1, -0.05) is 24.8 Å². The van der Waals surface area contributed by atoms with Crippen molar-refractivity contribution in [3.63, 3.8) is 0 Å². The fraction of sp³-hybridized carbons (Fsp3) is 0.0588. The lowest BCUT2D eigenvalue weighted by Crippen LogP contribution is -2.11. The summed E-state index contributed by atoms with van der Waals surface area (Å²) in [4.78, 5) is 0. The first-order chi connectivity index (χ1) is 9.69. The number of rotatable bonds is 2. The first-order valence-electron chi connectivity index (χ1n) is 6.33. The molecule has 100 valence electrons. The molecule has 0 aliphatic carbocycles. The highest BCUT2D eigenvalue weighted by molar-refractivity contribution is 5.88. The van der Waals surface area contributed by atoms with Gasteiger partial charge in [0.05, 0.1) is 0 Å². The van der Waals surface area contributed by atoms with Crippen molar-refractivity contribution < 1.29 is 9.13 Å². The van der Waals surface area contributed by atoms with E-state index in [0.717, 1.165) is 28.0 Å². The molecule has 0 saturated heterocycles. The Balaban J connectivity index is 2.21. The summed E-state index contributed by atoms with van der Waals surface area (Å²) in [6, 6.07) is 12.0. The van der Waals surface area contributed by atoms with E-state index in [1.165, 1.54) is 12.1 Å². The molecule has 3 rings (SSSR count). The fourth-order valence-corrected chi connectivity index (χ4v) is 2.38. The summed E-state index contributed by atoms with van der Waals surface area (Å²) in [5.74, 6) is 0.494. The minimum atomic E-state index is -0.251. The molecule has 2 aromatic carbocycles. The highest BCUT2D eigenvalue weighted by Crippen LogP contribution is 2.38. The average molecular weight is 267 g/mol. The molecule has 0 fully saturated rings. The first-order valence-corrected chi connectivity index (χ1v) is 6.33. The van der Waals surface area contributed by atoms with Gasteiger partial charge in [-0.3, -0.25) is 0 Å². The van der Waals surface area contributed by atoms with Gasteiger partial charge in [0.2, 0.25) is 0 Å². The predicted octanol–water partition coefficient (Wildman–Crippen LogP) is 3.79. The molecule has 2 aromatic rings. The second-order valence-corrected chi connectivity index (χ2v) is 4.66. The van der Waals surface area contributed by atoms with Gasteiger partial charge in [0, 0.05) is 17.3 Å². The van der Waals surface area contributed by atoms with Crippen LogP contribution in [0.25, 0.3) is 5.57 Å². The van der Waals surface area contributed by atoms with Gasteiger partial charge in [-0.05, 0) is 41.0 Å². The molecule has 1 aliphatic heterocycles. The average Bonchev–Trinajstić information content (AvgIpc) is 2.47. The van der Waals surface area contributed by atoms with Crippen molar-refractivity contribution in [2.24, 2.45) is 0 Å². The van der Waals surface area contributed by atoms with Gasteiger partial charge in [-0.25, -0.2) is 4.39 Å². The maximum Gasteiger partial charge on any atom is 0.129 e. The topological polar surface area (TPSA) is 35.2 Å². The van der Waals surface area contributed by atoms with Crippen LogP contribution >= 0.6 is 0 Å².